The topological polar surface area (TPSA) is 39.1 Å². The van der Waals surface area contributed by atoms with Gasteiger partial charge in [-0.3, -0.25) is 4.68 Å². The number of aromatic nitrogens is 2. The molecule has 2 aromatic rings. The number of nitrogens with one attached hydrogen (secondary N) is 1. The van der Waals surface area contributed by atoms with Gasteiger partial charge in [-0.25, -0.2) is 0 Å². The number of alkyl halides is 3. The largest absolute Gasteiger partial charge is 0.573 e. The van der Waals surface area contributed by atoms with Gasteiger partial charge in [0.15, 0.2) is 0 Å². The fourth-order valence-corrected chi connectivity index (χ4v) is 1.84. The number of hydrogen-bond acceptors (Lipinski definition) is 3. The summed E-state index contributed by atoms with van der Waals surface area (Å²) in [4.78, 5) is 0. The monoisotopic (exact) mass is 285 g/mol. The number of benzene rings is 1. The Kier molecular flexibility index (Phi) is 3.87. The maximum absolute atomic E-state index is 12.3. The number of ether oxygens (including phenoxy) is 1. The molecule has 0 aliphatic heterocycles. The first kappa shape index (κ1) is 14.2. The van der Waals surface area contributed by atoms with Gasteiger partial charge >= 0.3 is 6.36 Å². The summed E-state index contributed by atoms with van der Waals surface area (Å²) in [5.74, 6) is -0.200. The van der Waals surface area contributed by atoms with Gasteiger partial charge in [-0.15, -0.1) is 13.2 Å². The minimum atomic E-state index is -4.69. The number of halogens is 3. The van der Waals surface area contributed by atoms with E-state index >= 15 is 0 Å². The predicted molar refractivity (Wildman–Crippen MR) is 68.4 cm³/mol. The zero-order valence-electron chi connectivity index (χ0n) is 11.0. The van der Waals surface area contributed by atoms with Crippen molar-refractivity contribution >= 4 is 5.69 Å². The first-order valence-corrected chi connectivity index (χ1v) is 5.93. The fraction of sp³-hybridized carbons (Fsp3) is 0.308. The highest BCUT2D eigenvalue weighted by molar-refractivity contribution is 5.47. The highest BCUT2D eigenvalue weighted by Gasteiger charge is 2.31. The van der Waals surface area contributed by atoms with E-state index < -0.39 is 6.36 Å². The van der Waals surface area contributed by atoms with E-state index in [0.717, 1.165) is 11.4 Å². The van der Waals surface area contributed by atoms with Crippen LogP contribution in [-0.2, 0) is 13.6 Å². The van der Waals surface area contributed by atoms with Crippen molar-refractivity contribution in [2.75, 3.05) is 5.32 Å². The lowest BCUT2D eigenvalue weighted by Crippen LogP contribution is -2.18. The molecule has 108 valence electrons. The maximum Gasteiger partial charge on any atom is 0.573 e. The second-order valence-electron chi connectivity index (χ2n) is 4.31. The molecular formula is C13H14F3N3O. The van der Waals surface area contributed by atoms with Crippen molar-refractivity contribution in [3.05, 3.63) is 41.7 Å². The van der Waals surface area contributed by atoms with Gasteiger partial charge in [0.1, 0.15) is 5.75 Å². The molecule has 0 saturated carbocycles. The molecule has 0 amide bonds. The van der Waals surface area contributed by atoms with Crippen LogP contribution in [0.3, 0.4) is 0 Å². The summed E-state index contributed by atoms with van der Waals surface area (Å²) in [5, 5.41) is 7.19. The lowest BCUT2D eigenvalue weighted by Gasteiger charge is -2.13. The second kappa shape index (κ2) is 5.44. The van der Waals surface area contributed by atoms with Crippen molar-refractivity contribution in [3.63, 3.8) is 0 Å². The Balaban J connectivity index is 2.11. The third kappa shape index (κ3) is 3.66. The Bertz CT molecular complexity index is 593. The molecule has 1 aromatic heterocycles. The van der Waals surface area contributed by atoms with Gasteiger partial charge in [0.2, 0.25) is 0 Å². The smallest absolute Gasteiger partial charge is 0.405 e. The van der Waals surface area contributed by atoms with Crippen LogP contribution in [0.1, 0.15) is 11.3 Å². The minimum absolute atomic E-state index is 0.200. The SMILES string of the molecule is Cc1nn(C)cc1NCc1ccccc1OC(F)(F)F. The summed E-state index contributed by atoms with van der Waals surface area (Å²) in [6.07, 6.45) is -2.93. The quantitative estimate of drug-likeness (QED) is 0.937. The summed E-state index contributed by atoms with van der Waals surface area (Å²) < 4.78 is 42.5. The molecule has 0 bridgehead atoms. The molecule has 0 aliphatic carbocycles. The second-order valence-corrected chi connectivity index (χ2v) is 4.31. The molecule has 1 aromatic carbocycles. The molecular weight excluding hydrogens is 271 g/mol. The van der Waals surface area contributed by atoms with Crippen LogP contribution in [0.4, 0.5) is 18.9 Å². The number of para-hydroxylation sites is 1. The Labute approximate surface area is 114 Å². The van der Waals surface area contributed by atoms with E-state index in [4.69, 9.17) is 0 Å². The highest BCUT2D eigenvalue weighted by atomic mass is 19.4. The van der Waals surface area contributed by atoms with Gasteiger partial charge in [-0.1, -0.05) is 18.2 Å². The van der Waals surface area contributed by atoms with Crippen LogP contribution < -0.4 is 10.1 Å². The molecule has 1 heterocycles. The molecule has 7 heteroatoms. The number of anilines is 1. The molecule has 20 heavy (non-hydrogen) atoms. The summed E-state index contributed by atoms with van der Waals surface area (Å²) >= 11 is 0. The van der Waals surface area contributed by atoms with E-state index in [9.17, 15) is 13.2 Å². The molecule has 1 N–H and O–H groups in total. The zero-order valence-corrected chi connectivity index (χ0v) is 11.0. The van der Waals surface area contributed by atoms with Crippen LogP contribution in [0, 0.1) is 6.92 Å². The third-order valence-corrected chi connectivity index (χ3v) is 2.68. The first-order chi connectivity index (χ1) is 9.35. The van der Waals surface area contributed by atoms with Crippen LogP contribution in [0.2, 0.25) is 0 Å². The molecule has 0 spiro atoms. The minimum Gasteiger partial charge on any atom is -0.405 e. The number of hydrogen-bond donors (Lipinski definition) is 1. The van der Waals surface area contributed by atoms with E-state index in [1.54, 1.807) is 30.1 Å². The summed E-state index contributed by atoms with van der Waals surface area (Å²) in [5.41, 5.74) is 1.98. The molecule has 4 nitrogen and oxygen atoms in total. The van der Waals surface area contributed by atoms with Crippen LogP contribution in [0.15, 0.2) is 30.5 Å². The standard InChI is InChI=1S/C13H14F3N3O/c1-9-11(8-19(2)18-9)17-7-10-5-3-4-6-12(10)20-13(14,15)16/h3-6,8,17H,7H2,1-2H3. The van der Waals surface area contributed by atoms with E-state index in [1.165, 1.54) is 12.1 Å². The molecule has 0 aliphatic rings. The molecule has 0 radical (unpaired) electrons. The molecule has 0 fully saturated rings. The Hall–Kier alpha value is -2.18. The number of rotatable bonds is 4. The van der Waals surface area contributed by atoms with Crippen LogP contribution >= 0.6 is 0 Å². The average Bonchev–Trinajstić information content (AvgIpc) is 2.65. The highest BCUT2D eigenvalue weighted by Crippen LogP contribution is 2.27. The number of aryl methyl sites for hydroxylation is 2. The van der Waals surface area contributed by atoms with Crippen molar-refractivity contribution < 1.29 is 17.9 Å². The van der Waals surface area contributed by atoms with Gasteiger partial charge < -0.3 is 10.1 Å². The van der Waals surface area contributed by atoms with E-state index in [2.05, 4.69) is 15.2 Å². The van der Waals surface area contributed by atoms with Gasteiger partial charge in [-0.05, 0) is 13.0 Å². The first-order valence-electron chi connectivity index (χ1n) is 5.93. The molecule has 2 rings (SSSR count). The van der Waals surface area contributed by atoms with Crippen molar-refractivity contribution in [1.29, 1.82) is 0 Å². The van der Waals surface area contributed by atoms with E-state index in [0.29, 0.717) is 5.56 Å². The fourth-order valence-electron chi connectivity index (χ4n) is 1.84. The van der Waals surface area contributed by atoms with Gasteiger partial charge in [-0.2, -0.15) is 5.10 Å². The average molecular weight is 285 g/mol. The molecule has 0 saturated heterocycles. The van der Waals surface area contributed by atoms with Crippen molar-refractivity contribution in [1.82, 2.24) is 9.78 Å². The van der Waals surface area contributed by atoms with Crippen molar-refractivity contribution in [2.24, 2.45) is 7.05 Å². The normalized spacial score (nSPS) is 11.4. The van der Waals surface area contributed by atoms with Gasteiger partial charge in [0.05, 0.1) is 11.4 Å². The maximum atomic E-state index is 12.3. The van der Waals surface area contributed by atoms with E-state index in [-0.39, 0.29) is 12.3 Å². The van der Waals surface area contributed by atoms with Crippen LogP contribution in [-0.4, -0.2) is 16.1 Å². The Morgan fingerprint density at radius 1 is 1.30 bits per heavy atom. The summed E-state index contributed by atoms with van der Waals surface area (Å²) in [7, 11) is 1.78. The van der Waals surface area contributed by atoms with Gasteiger partial charge in [0, 0.05) is 25.4 Å². The lowest BCUT2D eigenvalue weighted by molar-refractivity contribution is -0.274. The van der Waals surface area contributed by atoms with E-state index in [1.807, 2.05) is 6.92 Å². The Morgan fingerprint density at radius 3 is 2.60 bits per heavy atom. The third-order valence-electron chi connectivity index (χ3n) is 2.68. The van der Waals surface area contributed by atoms with Crippen molar-refractivity contribution in [2.45, 2.75) is 19.8 Å². The van der Waals surface area contributed by atoms with Crippen LogP contribution in [0.5, 0.6) is 5.75 Å². The lowest BCUT2D eigenvalue weighted by atomic mass is 10.2. The summed E-state index contributed by atoms with van der Waals surface area (Å²) in [6, 6.07) is 6.04. The molecule has 0 unspecified atom stereocenters. The predicted octanol–water partition coefficient (Wildman–Crippen LogP) is 3.24. The Morgan fingerprint density at radius 2 is 2.00 bits per heavy atom. The number of nitrogens with zero attached hydrogens (tertiary/aromatic N) is 2. The van der Waals surface area contributed by atoms with Crippen molar-refractivity contribution in [3.8, 4) is 5.75 Å². The van der Waals surface area contributed by atoms with Gasteiger partial charge in [0.25, 0.3) is 0 Å². The summed E-state index contributed by atoms with van der Waals surface area (Å²) in [6.45, 7) is 2.04. The van der Waals surface area contributed by atoms with Crippen LogP contribution in [0.25, 0.3) is 0 Å². The molecule has 0 atom stereocenters. The zero-order chi connectivity index (χ0) is 14.8.